The van der Waals surface area contributed by atoms with Crippen LogP contribution in [0.1, 0.15) is 18.4 Å². The van der Waals surface area contributed by atoms with E-state index in [1.807, 2.05) is 0 Å². The van der Waals surface area contributed by atoms with Crippen LogP contribution >= 0.6 is 0 Å². The lowest BCUT2D eigenvalue weighted by Gasteiger charge is -2.21. The molecular weight excluding hydrogens is 278 g/mol. The molecule has 1 aliphatic rings. The zero-order valence-electron chi connectivity index (χ0n) is 12.4. The molecule has 1 unspecified atom stereocenters. The van der Waals surface area contributed by atoms with Gasteiger partial charge in [-0.3, -0.25) is 0 Å². The van der Waals surface area contributed by atoms with Gasteiger partial charge in [0.25, 0.3) is 0 Å². The topological polar surface area (TPSA) is 33.7 Å². The van der Waals surface area contributed by atoms with Gasteiger partial charge in [-0.15, -0.1) is 0 Å². The fourth-order valence-electron chi connectivity index (χ4n) is 2.67. The van der Waals surface area contributed by atoms with Crippen LogP contribution in [-0.4, -0.2) is 44.8 Å². The van der Waals surface area contributed by atoms with Crippen molar-refractivity contribution in [2.45, 2.75) is 32.0 Å². The summed E-state index contributed by atoms with van der Waals surface area (Å²) in [5, 5.41) is 3.46. The average Bonchev–Trinajstić information content (AvgIpc) is 2.92. The number of hydrogen-bond acceptors (Lipinski definition) is 4. The van der Waals surface area contributed by atoms with Crippen LogP contribution in [0.5, 0.6) is 11.5 Å². The van der Waals surface area contributed by atoms with E-state index < -0.39 is 6.61 Å². The minimum absolute atomic E-state index is 0.0661. The molecule has 118 valence electrons. The van der Waals surface area contributed by atoms with Crippen molar-refractivity contribution in [2.75, 3.05) is 27.2 Å². The Bertz CT molecular complexity index is 451. The maximum Gasteiger partial charge on any atom is 0.387 e. The van der Waals surface area contributed by atoms with E-state index in [0.29, 0.717) is 11.8 Å². The van der Waals surface area contributed by atoms with E-state index in [9.17, 15) is 8.78 Å². The minimum atomic E-state index is -2.85. The molecule has 1 heterocycles. The molecule has 2 rings (SSSR count). The average molecular weight is 300 g/mol. The number of ether oxygens (including phenoxy) is 2. The first kappa shape index (κ1) is 16.0. The van der Waals surface area contributed by atoms with E-state index in [0.717, 1.165) is 25.2 Å². The highest BCUT2D eigenvalue weighted by Gasteiger charge is 2.16. The van der Waals surface area contributed by atoms with Crippen LogP contribution in [0.4, 0.5) is 8.78 Å². The van der Waals surface area contributed by atoms with Crippen molar-refractivity contribution in [1.82, 2.24) is 10.2 Å². The van der Waals surface area contributed by atoms with Crippen molar-refractivity contribution in [1.29, 1.82) is 0 Å². The van der Waals surface area contributed by atoms with Crippen LogP contribution in [0.2, 0.25) is 0 Å². The van der Waals surface area contributed by atoms with Crippen molar-refractivity contribution >= 4 is 0 Å². The molecular formula is C15H22F2N2O2. The van der Waals surface area contributed by atoms with Gasteiger partial charge in [0.15, 0.2) is 11.5 Å². The Morgan fingerprint density at radius 1 is 1.38 bits per heavy atom. The summed E-state index contributed by atoms with van der Waals surface area (Å²) in [6.07, 6.45) is 2.43. The third kappa shape index (κ3) is 4.82. The number of benzene rings is 1. The number of alkyl halides is 2. The molecule has 6 heteroatoms. The lowest BCUT2D eigenvalue weighted by molar-refractivity contribution is -0.0512. The van der Waals surface area contributed by atoms with Crippen molar-refractivity contribution in [2.24, 2.45) is 0 Å². The van der Waals surface area contributed by atoms with Gasteiger partial charge >= 0.3 is 6.61 Å². The SMILES string of the molecule is COc1cc(CN(C)CC2CCCN2)ccc1OC(F)F. The second kappa shape index (κ2) is 7.56. The first-order valence-corrected chi connectivity index (χ1v) is 7.12. The van der Waals surface area contributed by atoms with Gasteiger partial charge in [0, 0.05) is 19.1 Å². The van der Waals surface area contributed by atoms with Crippen molar-refractivity contribution in [3.05, 3.63) is 23.8 Å². The summed E-state index contributed by atoms with van der Waals surface area (Å²) < 4.78 is 34.1. The molecule has 0 spiro atoms. The highest BCUT2D eigenvalue weighted by molar-refractivity contribution is 5.43. The molecule has 0 aromatic heterocycles. The lowest BCUT2D eigenvalue weighted by atomic mass is 10.1. The fraction of sp³-hybridized carbons (Fsp3) is 0.600. The van der Waals surface area contributed by atoms with E-state index in [1.54, 1.807) is 12.1 Å². The molecule has 1 aromatic carbocycles. The Morgan fingerprint density at radius 3 is 2.81 bits per heavy atom. The molecule has 1 saturated heterocycles. The van der Waals surface area contributed by atoms with Gasteiger partial charge in [-0.1, -0.05) is 6.07 Å². The molecule has 0 amide bonds. The molecule has 1 N–H and O–H groups in total. The van der Waals surface area contributed by atoms with E-state index in [1.165, 1.54) is 26.0 Å². The summed E-state index contributed by atoms with van der Waals surface area (Å²) in [4.78, 5) is 2.21. The van der Waals surface area contributed by atoms with E-state index in [-0.39, 0.29) is 5.75 Å². The smallest absolute Gasteiger partial charge is 0.387 e. The summed E-state index contributed by atoms with van der Waals surface area (Å²) in [7, 11) is 3.50. The zero-order chi connectivity index (χ0) is 15.2. The molecule has 1 aliphatic heterocycles. The number of methoxy groups -OCH3 is 1. The Morgan fingerprint density at radius 2 is 2.19 bits per heavy atom. The third-order valence-corrected chi connectivity index (χ3v) is 3.59. The summed E-state index contributed by atoms with van der Waals surface area (Å²) >= 11 is 0. The first-order chi connectivity index (χ1) is 10.1. The summed E-state index contributed by atoms with van der Waals surface area (Å²) in [6, 6.07) is 5.61. The van der Waals surface area contributed by atoms with Crippen LogP contribution in [-0.2, 0) is 6.54 Å². The number of likely N-dealkylation sites (N-methyl/N-ethyl adjacent to an activating group) is 1. The van der Waals surface area contributed by atoms with E-state index in [4.69, 9.17) is 4.74 Å². The normalized spacial score (nSPS) is 18.5. The second-order valence-corrected chi connectivity index (χ2v) is 5.35. The molecule has 21 heavy (non-hydrogen) atoms. The first-order valence-electron chi connectivity index (χ1n) is 7.12. The predicted molar refractivity (Wildman–Crippen MR) is 77.0 cm³/mol. The Balaban J connectivity index is 1.96. The Hall–Kier alpha value is -1.40. The number of rotatable bonds is 7. The fourth-order valence-corrected chi connectivity index (χ4v) is 2.67. The maximum atomic E-state index is 12.3. The lowest BCUT2D eigenvalue weighted by Crippen LogP contribution is -2.34. The minimum Gasteiger partial charge on any atom is -0.493 e. The van der Waals surface area contributed by atoms with Gasteiger partial charge in [-0.2, -0.15) is 8.78 Å². The van der Waals surface area contributed by atoms with Gasteiger partial charge in [-0.05, 0) is 44.1 Å². The van der Waals surface area contributed by atoms with Gasteiger partial charge in [0.05, 0.1) is 7.11 Å². The molecule has 0 radical (unpaired) electrons. The van der Waals surface area contributed by atoms with Crippen LogP contribution in [0.25, 0.3) is 0 Å². The van der Waals surface area contributed by atoms with Crippen LogP contribution < -0.4 is 14.8 Å². The number of nitrogens with one attached hydrogen (secondary N) is 1. The zero-order valence-corrected chi connectivity index (χ0v) is 12.4. The molecule has 0 aliphatic carbocycles. The number of hydrogen-bond donors (Lipinski definition) is 1. The van der Waals surface area contributed by atoms with E-state index >= 15 is 0 Å². The van der Waals surface area contributed by atoms with Crippen molar-refractivity contribution in [3.63, 3.8) is 0 Å². The van der Waals surface area contributed by atoms with Crippen LogP contribution in [0.15, 0.2) is 18.2 Å². The quantitative estimate of drug-likeness (QED) is 0.839. The molecule has 0 saturated carbocycles. The molecule has 1 atom stereocenters. The highest BCUT2D eigenvalue weighted by atomic mass is 19.3. The monoisotopic (exact) mass is 300 g/mol. The standard InChI is InChI=1S/C15H22F2N2O2/c1-19(10-12-4-3-7-18-12)9-11-5-6-13(21-15(16)17)14(8-11)20-2/h5-6,8,12,15,18H,3-4,7,9-10H2,1-2H3. The molecule has 4 nitrogen and oxygen atoms in total. The maximum absolute atomic E-state index is 12.3. The number of halogens is 2. The van der Waals surface area contributed by atoms with Gasteiger partial charge < -0.3 is 19.7 Å². The predicted octanol–water partition coefficient (Wildman–Crippen LogP) is 2.48. The second-order valence-electron chi connectivity index (χ2n) is 5.35. The summed E-state index contributed by atoms with van der Waals surface area (Å²) in [5.74, 6) is 0.400. The molecule has 1 fully saturated rings. The Labute approximate surface area is 124 Å². The third-order valence-electron chi connectivity index (χ3n) is 3.59. The van der Waals surface area contributed by atoms with Crippen molar-refractivity contribution < 1.29 is 18.3 Å². The van der Waals surface area contributed by atoms with E-state index in [2.05, 4.69) is 22.0 Å². The largest absolute Gasteiger partial charge is 0.493 e. The Kier molecular flexibility index (Phi) is 5.76. The summed E-state index contributed by atoms with van der Waals surface area (Å²) in [6.45, 7) is -0.0477. The highest BCUT2D eigenvalue weighted by Crippen LogP contribution is 2.29. The van der Waals surface area contributed by atoms with Gasteiger partial charge in [-0.25, -0.2) is 0 Å². The molecule has 0 bridgehead atoms. The van der Waals surface area contributed by atoms with Gasteiger partial charge in [0.2, 0.25) is 0 Å². The summed E-state index contributed by atoms with van der Waals surface area (Å²) in [5.41, 5.74) is 1.01. The molecule has 1 aromatic rings. The number of nitrogens with zero attached hydrogens (tertiary/aromatic N) is 1. The van der Waals surface area contributed by atoms with Crippen LogP contribution in [0.3, 0.4) is 0 Å². The van der Waals surface area contributed by atoms with Crippen molar-refractivity contribution in [3.8, 4) is 11.5 Å². The van der Waals surface area contributed by atoms with Crippen LogP contribution in [0, 0.1) is 0 Å². The van der Waals surface area contributed by atoms with Gasteiger partial charge in [0.1, 0.15) is 0 Å².